The molecule has 0 saturated heterocycles. The average Bonchev–Trinajstić information content (AvgIpc) is 2.92. The van der Waals surface area contributed by atoms with E-state index in [0.717, 1.165) is 30.9 Å². The van der Waals surface area contributed by atoms with Gasteiger partial charge in [-0.3, -0.25) is 0 Å². The Labute approximate surface area is 132 Å². The molecular weight excluding hydrogens is 282 g/mol. The molecule has 0 bridgehead atoms. The maximum absolute atomic E-state index is 9.81. The van der Waals surface area contributed by atoms with E-state index >= 15 is 0 Å². The number of methoxy groups -OCH3 is 1. The van der Waals surface area contributed by atoms with Crippen molar-refractivity contribution in [3.05, 3.63) is 24.3 Å². The summed E-state index contributed by atoms with van der Waals surface area (Å²) < 4.78 is 5.18. The zero-order chi connectivity index (χ0) is 15.1. The molecule has 2 rings (SSSR count). The van der Waals surface area contributed by atoms with Crippen molar-refractivity contribution in [2.24, 2.45) is 5.92 Å². The van der Waals surface area contributed by atoms with Crippen molar-refractivity contribution in [3.63, 3.8) is 0 Å². The second kappa shape index (κ2) is 8.06. The fourth-order valence-electron chi connectivity index (χ4n) is 3.40. The molecule has 21 heavy (non-hydrogen) atoms. The number of ether oxygens (including phenoxy) is 1. The molecule has 1 fully saturated rings. The van der Waals surface area contributed by atoms with Crippen molar-refractivity contribution < 1.29 is 9.84 Å². The largest absolute Gasteiger partial charge is 0.497 e. The molecule has 0 amide bonds. The minimum atomic E-state index is -0.0325. The fourth-order valence-corrected chi connectivity index (χ4v) is 4.37. The summed E-state index contributed by atoms with van der Waals surface area (Å²) in [6, 6.07) is 8.24. The average molecular weight is 309 g/mol. The summed E-state index contributed by atoms with van der Waals surface area (Å²) in [7, 11) is 1.69. The van der Waals surface area contributed by atoms with E-state index in [2.05, 4.69) is 24.4 Å². The molecule has 1 aliphatic rings. The molecule has 0 heterocycles. The van der Waals surface area contributed by atoms with Crippen LogP contribution >= 0.6 is 11.8 Å². The third kappa shape index (κ3) is 4.15. The van der Waals surface area contributed by atoms with Crippen LogP contribution < -0.4 is 10.1 Å². The predicted octanol–water partition coefficient (Wildman–Crippen LogP) is 3.32. The maximum atomic E-state index is 9.81. The van der Waals surface area contributed by atoms with E-state index in [0.29, 0.717) is 5.92 Å². The quantitative estimate of drug-likeness (QED) is 0.723. The number of likely N-dealkylation sites (N-methyl/N-ethyl adjacent to an activating group) is 1. The summed E-state index contributed by atoms with van der Waals surface area (Å²) in [5, 5.41) is 13.4. The molecule has 0 spiro atoms. The van der Waals surface area contributed by atoms with Gasteiger partial charge in [0.25, 0.3) is 0 Å². The number of nitrogens with one attached hydrogen (secondary N) is 1. The van der Waals surface area contributed by atoms with Crippen LogP contribution in [0.2, 0.25) is 0 Å². The molecule has 0 radical (unpaired) electrons. The van der Waals surface area contributed by atoms with E-state index in [4.69, 9.17) is 4.74 Å². The lowest BCUT2D eigenvalue weighted by Gasteiger charge is -2.35. The third-order valence-corrected chi connectivity index (χ3v) is 5.61. The standard InChI is InChI=1S/C17H27NO2S/c1-3-18-17(13-19)11-4-5-14(17)10-12-21-16-8-6-15(20-2)7-9-16/h6-9,14,18-19H,3-5,10-13H2,1-2H3. The second-order valence-corrected chi connectivity index (χ2v) is 6.91. The van der Waals surface area contributed by atoms with Crippen molar-refractivity contribution in [1.29, 1.82) is 0 Å². The summed E-state index contributed by atoms with van der Waals surface area (Å²) in [4.78, 5) is 1.28. The van der Waals surface area contributed by atoms with E-state index in [1.165, 1.54) is 17.7 Å². The summed E-state index contributed by atoms with van der Waals surface area (Å²) in [6.45, 7) is 3.32. The molecule has 1 saturated carbocycles. The first-order chi connectivity index (χ1) is 10.2. The van der Waals surface area contributed by atoms with Crippen LogP contribution in [0.15, 0.2) is 29.2 Å². The normalized spacial score (nSPS) is 25.2. The van der Waals surface area contributed by atoms with E-state index in [9.17, 15) is 5.11 Å². The Morgan fingerprint density at radius 2 is 2.14 bits per heavy atom. The van der Waals surface area contributed by atoms with Crippen LogP contribution in [0.5, 0.6) is 5.75 Å². The lowest BCUT2D eigenvalue weighted by Crippen LogP contribution is -2.51. The lowest BCUT2D eigenvalue weighted by molar-refractivity contribution is 0.124. The van der Waals surface area contributed by atoms with Gasteiger partial charge in [0, 0.05) is 10.4 Å². The van der Waals surface area contributed by atoms with Gasteiger partial charge in [-0.25, -0.2) is 0 Å². The van der Waals surface area contributed by atoms with Crippen LogP contribution in [-0.2, 0) is 0 Å². The topological polar surface area (TPSA) is 41.5 Å². The number of hydrogen-bond acceptors (Lipinski definition) is 4. The molecule has 1 aromatic carbocycles. The lowest BCUT2D eigenvalue weighted by atomic mass is 9.86. The molecule has 118 valence electrons. The number of benzene rings is 1. The molecule has 2 unspecified atom stereocenters. The second-order valence-electron chi connectivity index (χ2n) is 5.75. The molecule has 2 N–H and O–H groups in total. The van der Waals surface area contributed by atoms with Gasteiger partial charge in [0.15, 0.2) is 0 Å². The van der Waals surface area contributed by atoms with Crippen LogP contribution in [0.1, 0.15) is 32.6 Å². The molecule has 3 nitrogen and oxygen atoms in total. The first kappa shape index (κ1) is 16.7. The van der Waals surface area contributed by atoms with Gasteiger partial charge in [-0.05, 0) is 61.7 Å². The highest BCUT2D eigenvalue weighted by atomic mass is 32.2. The van der Waals surface area contributed by atoms with Gasteiger partial charge >= 0.3 is 0 Å². The Bertz CT molecular complexity index is 423. The van der Waals surface area contributed by atoms with Gasteiger partial charge in [0.05, 0.1) is 13.7 Å². The van der Waals surface area contributed by atoms with Gasteiger partial charge in [0.1, 0.15) is 5.75 Å². The van der Waals surface area contributed by atoms with Crippen LogP contribution in [-0.4, -0.2) is 36.7 Å². The van der Waals surface area contributed by atoms with Gasteiger partial charge in [-0.1, -0.05) is 13.3 Å². The SMILES string of the molecule is CCNC1(CO)CCCC1CCSc1ccc(OC)cc1. The van der Waals surface area contributed by atoms with E-state index in [-0.39, 0.29) is 12.1 Å². The molecule has 0 aliphatic heterocycles. The highest BCUT2D eigenvalue weighted by Gasteiger charge is 2.41. The highest BCUT2D eigenvalue weighted by Crippen LogP contribution is 2.39. The third-order valence-electron chi connectivity index (χ3n) is 4.56. The molecule has 1 aromatic rings. The van der Waals surface area contributed by atoms with Crippen LogP contribution in [0, 0.1) is 5.92 Å². The van der Waals surface area contributed by atoms with Gasteiger partial charge in [0.2, 0.25) is 0 Å². The van der Waals surface area contributed by atoms with Crippen LogP contribution in [0.25, 0.3) is 0 Å². The monoisotopic (exact) mass is 309 g/mol. The molecule has 0 aromatic heterocycles. The number of aliphatic hydroxyl groups is 1. The Morgan fingerprint density at radius 1 is 1.38 bits per heavy atom. The zero-order valence-electron chi connectivity index (χ0n) is 13.1. The Morgan fingerprint density at radius 3 is 2.76 bits per heavy atom. The highest BCUT2D eigenvalue weighted by molar-refractivity contribution is 7.99. The molecule has 2 atom stereocenters. The van der Waals surface area contributed by atoms with Crippen LogP contribution in [0.4, 0.5) is 0 Å². The summed E-state index contributed by atoms with van der Waals surface area (Å²) >= 11 is 1.89. The van der Waals surface area contributed by atoms with Crippen molar-refractivity contribution >= 4 is 11.8 Å². The van der Waals surface area contributed by atoms with Crippen molar-refractivity contribution in [2.45, 2.75) is 43.0 Å². The Kier molecular flexibility index (Phi) is 6.40. The van der Waals surface area contributed by atoms with Gasteiger partial charge in [-0.2, -0.15) is 0 Å². The fraction of sp³-hybridized carbons (Fsp3) is 0.647. The summed E-state index contributed by atoms with van der Waals surface area (Å²) in [5.74, 6) is 2.60. The van der Waals surface area contributed by atoms with E-state index in [1.807, 2.05) is 23.9 Å². The predicted molar refractivity (Wildman–Crippen MR) is 89.2 cm³/mol. The van der Waals surface area contributed by atoms with Crippen LogP contribution in [0.3, 0.4) is 0 Å². The first-order valence-electron chi connectivity index (χ1n) is 7.87. The minimum Gasteiger partial charge on any atom is -0.497 e. The minimum absolute atomic E-state index is 0.0325. The number of aliphatic hydroxyl groups excluding tert-OH is 1. The van der Waals surface area contributed by atoms with Gasteiger partial charge < -0.3 is 15.2 Å². The molecule has 1 aliphatic carbocycles. The molecular formula is C17H27NO2S. The zero-order valence-corrected chi connectivity index (χ0v) is 13.9. The Balaban J connectivity index is 1.84. The van der Waals surface area contributed by atoms with Crippen molar-refractivity contribution in [3.8, 4) is 5.75 Å². The maximum Gasteiger partial charge on any atom is 0.118 e. The molecule has 4 heteroatoms. The van der Waals surface area contributed by atoms with Gasteiger partial charge in [-0.15, -0.1) is 11.8 Å². The smallest absolute Gasteiger partial charge is 0.118 e. The van der Waals surface area contributed by atoms with E-state index in [1.54, 1.807) is 7.11 Å². The summed E-state index contributed by atoms with van der Waals surface area (Å²) in [5.41, 5.74) is -0.0325. The van der Waals surface area contributed by atoms with Crippen molar-refractivity contribution in [2.75, 3.05) is 26.0 Å². The number of thioether (sulfide) groups is 1. The van der Waals surface area contributed by atoms with Crippen molar-refractivity contribution in [1.82, 2.24) is 5.32 Å². The Hall–Kier alpha value is -0.710. The van der Waals surface area contributed by atoms with E-state index < -0.39 is 0 Å². The summed E-state index contributed by atoms with van der Waals surface area (Å²) in [6.07, 6.45) is 4.72. The number of rotatable bonds is 8. The first-order valence-corrected chi connectivity index (χ1v) is 8.85. The number of hydrogen-bond donors (Lipinski definition) is 2.